The van der Waals surface area contributed by atoms with Crippen molar-refractivity contribution in [2.45, 2.75) is 13.5 Å². The van der Waals surface area contributed by atoms with Crippen molar-refractivity contribution < 1.29 is 8.42 Å². The van der Waals surface area contributed by atoms with Gasteiger partial charge in [-0.3, -0.25) is 4.72 Å². The Labute approximate surface area is 112 Å². The van der Waals surface area contributed by atoms with Gasteiger partial charge in [-0.25, -0.2) is 13.4 Å². The number of nitrogens with one attached hydrogen (secondary N) is 3. The molecule has 0 spiro atoms. The van der Waals surface area contributed by atoms with E-state index >= 15 is 0 Å². The van der Waals surface area contributed by atoms with Crippen LogP contribution in [0.1, 0.15) is 11.5 Å². The van der Waals surface area contributed by atoms with Crippen LogP contribution in [0.25, 0.3) is 0 Å². The minimum Gasteiger partial charge on any atom is -0.379 e. The Morgan fingerprint density at radius 1 is 1.32 bits per heavy atom. The fourth-order valence-electron chi connectivity index (χ4n) is 1.67. The van der Waals surface area contributed by atoms with Gasteiger partial charge in [-0.15, -0.1) is 0 Å². The van der Waals surface area contributed by atoms with E-state index in [9.17, 15) is 8.42 Å². The molecule has 0 unspecified atom stereocenters. The number of benzene rings is 1. The molecule has 3 N–H and O–H groups in total. The summed E-state index contributed by atoms with van der Waals surface area (Å²) in [6.07, 6.45) is 2.89. The van der Waals surface area contributed by atoms with E-state index in [1.807, 2.05) is 13.0 Å². The number of aromatic amines is 1. The van der Waals surface area contributed by atoms with Gasteiger partial charge < -0.3 is 10.3 Å². The summed E-state index contributed by atoms with van der Waals surface area (Å²) >= 11 is 0. The lowest BCUT2D eigenvalue weighted by Crippen LogP contribution is -2.09. The summed E-state index contributed by atoms with van der Waals surface area (Å²) in [4.78, 5) is 7.22. The molecule has 0 amide bonds. The van der Waals surface area contributed by atoms with Gasteiger partial charge in [0.05, 0.1) is 30.4 Å². The molecule has 0 saturated heterocycles. The maximum absolute atomic E-state index is 11.1. The number of aryl methyl sites for hydroxylation is 1. The first-order valence-electron chi connectivity index (χ1n) is 5.74. The smallest absolute Gasteiger partial charge is 0.229 e. The highest BCUT2D eigenvalue weighted by atomic mass is 32.2. The summed E-state index contributed by atoms with van der Waals surface area (Å²) in [5, 5.41) is 3.19. The molecule has 102 valence electrons. The van der Waals surface area contributed by atoms with E-state index in [2.05, 4.69) is 20.0 Å². The molecule has 0 aliphatic rings. The number of sulfonamides is 1. The maximum atomic E-state index is 11.1. The number of hydrogen-bond donors (Lipinski definition) is 3. The van der Waals surface area contributed by atoms with E-state index in [4.69, 9.17) is 0 Å². The molecule has 2 rings (SSSR count). The Morgan fingerprint density at radius 3 is 2.68 bits per heavy atom. The molecule has 1 aromatic heterocycles. The van der Waals surface area contributed by atoms with Crippen molar-refractivity contribution in [2.75, 3.05) is 16.3 Å². The van der Waals surface area contributed by atoms with Crippen molar-refractivity contribution in [1.29, 1.82) is 0 Å². The predicted octanol–water partition coefficient (Wildman–Crippen LogP) is 1.70. The summed E-state index contributed by atoms with van der Waals surface area (Å²) in [5.74, 6) is 0.865. The summed E-state index contributed by atoms with van der Waals surface area (Å²) < 4.78 is 24.7. The van der Waals surface area contributed by atoms with Crippen LogP contribution in [-0.2, 0) is 16.6 Å². The number of rotatable bonds is 5. The lowest BCUT2D eigenvalue weighted by molar-refractivity contribution is 0.607. The summed E-state index contributed by atoms with van der Waals surface area (Å²) in [6, 6.07) is 7.10. The van der Waals surface area contributed by atoms with E-state index in [0.717, 1.165) is 23.5 Å². The third-order valence-electron chi connectivity index (χ3n) is 2.40. The predicted molar refractivity (Wildman–Crippen MR) is 75.6 cm³/mol. The van der Waals surface area contributed by atoms with Crippen molar-refractivity contribution in [3.8, 4) is 0 Å². The normalized spacial score (nSPS) is 11.3. The summed E-state index contributed by atoms with van der Waals surface area (Å²) in [7, 11) is -3.25. The van der Waals surface area contributed by atoms with Crippen LogP contribution in [0.2, 0.25) is 0 Å². The molecule has 0 aliphatic carbocycles. The highest BCUT2D eigenvalue weighted by molar-refractivity contribution is 7.92. The average molecular weight is 280 g/mol. The Kier molecular flexibility index (Phi) is 3.75. The monoisotopic (exact) mass is 280 g/mol. The van der Waals surface area contributed by atoms with E-state index in [1.54, 1.807) is 24.4 Å². The first kappa shape index (κ1) is 13.4. The van der Waals surface area contributed by atoms with Crippen LogP contribution < -0.4 is 10.0 Å². The first-order chi connectivity index (χ1) is 8.92. The molecular formula is C12H16N4O2S. The molecule has 0 radical (unpaired) electrons. The fraction of sp³-hybridized carbons (Fsp3) is 0.250. The Bertz CT molecular complexity index is 664. The van der Waals surface area contributed by atoms with Gasteiger partial charge in [-0.05, 0) is 25.1 Å². The van der Waals surface area contributed by atoms with E-state index < -0.39 is 10.0 Å². The second kappa shape index (κ2) is 5.31. The highest BCUT2D eigenvalue weighted by Gasteiger charge is 2.03. The van der Waals surface area contributed by atoms with Gasteiger partial charge in [0, 0.05) is 5.69 Å². The maximum Gasteiger partial charge on any atom is 0.229 e. The van der Waals surface area contributed by atoms with Gasteiger partial charge in [0.1, 0.15) is 5.82 Å². The highest BCUT2D eigenvalue weighted by Crippen LogP contribution is 2.16. The van der Waals surface area contributed by atoms with Crippen LogP contribution in [-0.4, -0.2) is 24.6 Å². The van der Waals surface area contributed by atoms with Gasteiger partial charge in [-0.1, -0.05) is 6.07 Å². The minimum absolute atomic E-state index is 0.535. The van der Waals surface area contributed by atoms with Crippen molar-refractivity contribution in [1.82, 2.24) is 9.97 Å². The molecule has 19 heavy (non-hydrogen) atoms. The molecule has 7 heteroatoms. The topological polar surface area (TPSA) is 86.9 Å². The summed E-state index contributed by atoms with van der Waals surface area (Å²) in [6.45, 7) is 2.49. The number of aromatic nitrogens is 2. The molecule has 1 heterocycles. The molecule has 0 atom stereocenters. The van der Waals surface area contributed by atoms with Crippen LogP contribution in [0.5, 0.6) is 0 Å². The second-order valence-corrected chi connectivity index (χ2v) is 6.05. The molecule has 0 fully saturated rings. The number of imidazole rings is 1. The number of anilines is 2. The number of H-pyrrole nitrogens is 1. The first-order valence-corrected chi connectivity index (χ1v) is 7.64. The van der Waals surface area contributed by atoms with Gasteiger partial charge in [0.2, 0.25) is 10.0 Å². The SMILES string of the molecule is Cc1ncc(CNc2cccc(NS(C)(=O)=O)c2)[nH]1. The van der Waals surface area contributed by atoms with Crippen LogP contribution in [0.3, 0.4) is 0 Å². The second-order valence-electron chi connectivity index (χ2n) is 4.30. The Hall–Kier alpha value is -2.02. The zero-order valence-electron chi connectivity index (χ0n) is 10.8. The largest absolute Gasteiger partial charge is 0.379 e. The van der Waals surface area contributed by atoms with Gasteiger partial charge in [0.25, 0.3) is 0 Å². The lowest BCUT2D eigenvalue weighted by Gasteiger charge is -2.08. The minimum atomic E-state index is -3.25. The van der Waals surface area contributed by atoms with E-state index in [1.165, 1.54) is 0 Å². The number of hydrogen-bond acceptors (Lipinski definition) is 4. The molecule has 6 nitrogen and oxygen atoms in total. The van der Waals surface area contributed by atoms with Crippen LogP contribution in [0.15, 0.2) is 30.5 Å². The molecule has 2 aromatic rings. The number of nitrogens with zero attached hydrogens (tertiary/aromatic N) is 1. The van der Waals surface area contributed by atoms with E-state index in [-0.39, 0.29) is 0 Å². The molecule has 1 aromatic carbocycles. The quantitative estimate of drug-likeness (QED) is 0.778. The molecule has 0 saturated carbocycles. The Morgan fingerprint density at radius 2 is 2.05 bits per heavy atom. The van der Waals surface area contributed by atoms with Crippen LogP contribution >= 0.6 is 0 Å². The van der Waals surface area contributed by atoms with Crippen molar-refractivity contribution in [2.24, 2.45) is 0 Å². The average Bonchev–Trinajstić information content (AvgIpc) is 2.71. The van der Waals surface area contributed by atoms with Gasteiger partial charge in [0.15, 0.2) is 0 Å². The molecular weight excluding hydrogens is 264 g/mol. The third kappa shape index (κ3) is 4.29. The van der Waals surface area contributed by atoms with Crippen molar-refractivity contribution in [3.63, 3.8) is 0 Å². The standard InChI is InChI=1S/C12H16N4O2S/c1-9-13-7-12(15-9)8-14-10-4-3-5-11(6-10)16-19(2,17)18/h3-7,14,16H,8H2,1-2H3,(H,13,15). The van der Waals surface area contributed by atoms with E-state index in [0.29, 0.717) is 12.2 Å². The van der Waals surface area contributed by atoms with Crippen LogP contribution in [0.4, 0.5) is 11.4 Å². The lowest BCUT2D eigenvalue weighted by atomic mass is 10.3. The molecule has 0 bridgehead atoms. The van der Waals surface area contributed by atoms with Gasteiger partial charge >= 0.3 is 0 Å². The van der Waals surface area contributed by atoms with Crippen molar-refractivity contribution in [3.05, 3.63) is 42.0 Å². The molecule has 0 aliphatic heterocycles. The summed E-state index contributed by atoms with van der Waals surface area (Å²) in [5.41, 5.74) is 2.34. The van der Waals surface area contributed by atoms with Gasteiger partial charge in [-0.2, -0.15) is 0 Å². The fourth-order valence-corrected chi connectivity index (χ4v) is 2.22. The van der Waals surface area contributed by atoms with Crippen molar-refractivity contribution >= 4 is 21.4 Å². The van der Waals surface area contributed by atoms with Crippen LogP contribution in [0, 0.1) is 6.92 Å². The Balaban J connectivity index is 2.03. The third-order valence-corrected chi connectivity index (χ3v) is 3.01. The zero-order valence-corrected chi connectivity index (χ0v) is 11.6. The zero-order chi connectivity index (χ0) is 13.9.